The molecule has 5 heteroatoms. The number of rotatable bonds is 7. The fourth-order valence-corrected chi connectivity index (χ4v) is 3.34. The summed E-state index contributed by atoms with van der Waals surface area (Å²) in [7, 11) is 2.10. The summed E-state index contributed by atoms with van der Waals surface area (Å²) < 4.78 is 8.00. The molecule has 0 atom stereocenters. The fourth-order valence-electron chi connectivity index (χ4n) is 3.21. The average Bonchev–Trinajstić information content (AvgIpc) is 3.09. The van der Waals surface area contributed by atoms with Gasteiger partial charge in [-0.15, -0.1) is 0 Å². The van der Waals surface area contributed by atoms with Crippen LogP contribution in [0.1, 0.15) is 5.69 Å². The zero-order chi connectivity index (χ0) is 19.3. The van der Waals surface area contributed by atoms with E-state index in [1.54, 1.807) is 0 Å². The highest BCUT2D eigenvalue weighted by molar-refractivity contribution is 6.30. The van der Waals surface area contributed by atoms with Gasteiger partial charge in [0.25, 0.3) is 0 Å². The third-order valence-electron chi connectivity index (χ3n) is 4.65. The number of imidazole rings is 1. The van der Waals surface area contributed by atoms with Crippen LogP contribution in [0.3, 0.4) is 0 Å². The van der Waals surface area contributed by atoms with Crippen LogP contribution in [-0.4, -0.2) is 34.5 Å². The van der Waals surface area contributed by atoms with E-state index in [0.29, 0.717) is 11.6 Å². The first-order valence-electron chi connectivity index (χ1n) is 9.29. The second-order valence-corrected chi connectivity index (χ2v) is 7.18. The van der Waals surface area contributed by atoms with E-state index in [9.17, 15) is 0 Å². The second-order valence-electron chi connectivity index (χ2n) is 6.74. The summed E-state index contributed by atoms with van der Waals surface area (Å²) in [6.07, 6.45) is 2.07. The maximum Gasteiger partial charge on any atom is 0.137 e. The lowest BCUT2D eigenvalue weighted by molar-refractivity contribution is 0.231. The van der Waals surface area contributed by atoms with E-state index in [1.807, 2.05) is 60.7 Å². The lowest BCUT2D eigenvalue weighted by Crippen LogP contribution is -2.24. The highest BCUT2D eigenvalue weighted by Crippen LogP contribution is 2.25. The van der Waals surface area contributed by atoms with Crippen LogP contribution >= 0.6 is 11.6 Å². The standard InChI is InChI=1S/C23H22ClN3O/c1-26(15-16-28-20-12-10-19(24)11-13-20)17-21-23(18-7-3-2-4-8-18)25-22-9-5-6-14-27(21)22/h2-14H,15-17H2,1H3. The van der Waals surface area contributed by atoms with E-state index in [2.05, 4.69) is 34.7 Å². The van der Waals surface area contributed by atoms with Crippen LogP contribution in [0.2, 0.25) is 5.02 Å². The van der Waals surface area contributed by atoms with Crippen molar-refractivity contribution in [2.24, 2.45) is 0 Å². The molecule has 0 bridgehead atoms. The fraction of sp³-hybridized carbons (Fsp3) is 0.174. The van der Waals surface area contributed by atoms with Gasteiger partial charge in [0.1, 0.15) is 18.0 Å². The van der Waals surface area contributed by atoms with E-state index < -0.39 is 0 Å². The highest BCUT2D eigenvalue weighted by Gasteiger charge is 2.15. The Hall–Kier alpha value is -2.82. The maximum absolute atomic E-state index is 5.92. The van der Waals surface area contributed by atoms with E-state index in [1.165, 1.54) is 5.69 Å². The Balaban J connectivity index is 1.49. The molecule has 4 nitrogen and oxygen atoms in total. The number of aromatic nitrogens is 2. The molecule has 0 fully saturated rings. The number of pyridine rings is 1. The zero-order valence-electron chi connectivity index (χ0n) is 15.8. The average molecular weight is 392 g/mol. The topological polar surface area (TPSA) is 29.8 Å². The third-order valence-corrected chi connectivity index (χ3v) is 4.90. The Bertz CT molecular complexity index is 1040. The van der Waals surface area contributed by atoms with Gasteiger partial charge in [-0.2, -0.15) is 0 Å². The van der Waals surface area contributed by atoms with Crippen molar-refractivity contribution in [1.29, 1.82) is 0 Å². The van der Waals surface area contributed by atoms with E-state index in [4.69, 9.17) is 21.3 Å². The Morgan fingerprint density at radius 3 is 2.50 bits per heavy atom. The van der Waals surface area contributed by atoms with Gasteiger partial charge in [-0.05, 0) is 43.4 Å². The Morgan fingerprint density at radius 1 is 0.964 bits per heavy atom. The molecule has 4 aromatic rings. The molecule has 0 amide bonds. The van der Waals surface area contributed by atoms with Crippen molar-refractivity contribution in [2.45, 2.75) is 6.54 Å². The second kappa shape index (κ2) is 8.46. The van der Waals surface area contributed by atoms with Crippen molar-refractivity contribution in [1.82, 2.24) is 14.3 Å². The van der Waals surface area contributed by atoms with Crippen molar-refractivity contribution < 1.29 is 4.74 Å². The van der Waals surface area contributed by atoms with Crippen LogP contribution in [0.25, 0.3) is 16.9 Å². The molecule has 0 radical (unpaired) electrons. The van der Waals surface area contributed by atoms with Crippen LogP contribution in [0.5, 0.6) is 5.75 Å². The summed E-state index contributed by atoms with van der Waals surface area (Å²) in [6, 6.07) is 23.9. The van der Waals surface area contributed by atoms with E-state index >= 15 is 0 Å². The van der Waals surface area contributed by atoms with Gasteiger partial charge < -0.3 is 9.14 Å². The van der Waals surface area contributed by atoms with Gasteiger partial charge >= 0.3 is 0 Å². The van der Waals surface area contributed by atoms with Crippen LogP contribution in [0, 0.1) is 0 Å². The molecule has 2 heterocycles. The molecule has 0 aliphatic rings. The van der Waals surface area contributed by atoms with Crippen molar-refractivity contribution in [3.8, 4) is 17.0 Å². The van der Waals surface area contributed by atoms with Crippen molar-refractivity contribution in [2.75, 3.05) is 20.2 Å². The molecule has 0 saturated heterocycles. The summed E-state index contributed by atoms with van der Waals surface area (Å²) in [5.41, 5.74) is 4.29. The lowest BCUT2D eigenvalue weighted by atomic mass is 10.1. The van der Waals surface area contributed by atoms with Gasteiger partial charge in [0, 0.05) is 29.9 Å². The van der Waals surface area contributed by atoms with Crippen LogP contribution < -0.4 is 4.74 Å². The zero-order valence-corrected chi connectivity index (χ0v) is 16.5. The Kier molecular flexibility index (Phi) is 5.60. The predicted molar refractivity (Wildman–Crippen MR) is 114 cm³/mol. The lowest BCUT2D eigenvalue weighted by Gasteiger charge is -2.18. The minimum Gasteiger partial charge on any atom is -0.492 e. The molecule has 0 aliphatic carbocycles. The molecule has 0 unspecified atom stereocenters. The molecule has 4 rings (SSSR count). The molecule has 0 spiro atoms. The molecular weight excluding hydrogens is 370 g/mol. The maximum atomic E-state index is 5.92. The molecule has 0 saturated carbocycles. The molecule has 142 valence electrons. The van der Waals surface area contributed by atoms with E-state index in [-0.39, 0.29) is 0 Å². The summed E-state index contributed by atoms with van der Waals surface area (Å²) >= 11 is 5.92. The third kappa shape index (κ3) is 4.19. The minimum atomic E-state index is 0.607. The number of nitrogens with zero attached hydrogens (tertiary/aromatic N) is 3. The number of hydrogen-bond acceptors (Lipinski definition) is 3. The van der Waals surface area contributed by atoms with Crippen LogP contribution in [-0.2, 0) is 6.54 Å². The first-order valence-corrected chi connectivity index (χ1v) is 9.67. The van der Waals surface area contributed by atoms with Gasteiger partial charge in [0.15, 0.2) is 0 Å². The molecule has 0 N–H and O–H groups in total. The molecule has 2 aromatic heterocycles. The number of hydrogen-bond donors (Lipinski definition) is 0. The first-order chi connectivity index (χ1) is 13.7. The molecular formula is C23H22ClN3O. The number of halogens is 1. The van der Waals surface area contributed by atoms with Crippen LogP contribution in [0.4, 0.5) is 0 Å². The summed E-state index contributed by atoms with van der Waals surface area (Å²) in [5, 5.41) is 0.713. The number of benzene rings is 2. The highest BCUT2D eigenvalue weighted by atomic mass is 35.5. The van der Waals surface area contributed by atoms with Crippen molar-refractivity contribution >= 4 is 17.2 Å². The normalized spacial score (nSPS) is 11.2. The molecule has 2 aromatic carbocycles. The molecule has 0 aliphatic heterocycles. The summed E-state index contributed by atoms with van der Waals surface area (Å²) in [6.45, 7) is 2.19. The predicted octanol–water partition coefficient (Wildman–Crippen LogP) is 5.17. The van der Waals surface area contributed by atoms with Gasteiger partial charge in [0.2, 0.25) is 0 Å². The minimum absolute atomic E-state index is 0.607. The van der Waals surface area contributed by atoms with E-state index in [0.717, 1.165) is 35.7 Å². The Morgan fingerprint density at radius 2 is 1.71 bits per heavy atom. The van der Waals surface area contributed by atoms with Gasteiger partial charge in [-0.25, -0.2) is 4.98 Å². The van der Waals surface area contributed by atoms with Gasteiger partial charge in [-0.3, -0.25) is 4.90 Å². The van der Waals surface area contributed by atoms with Crippen molar-refractivity contribution in [3.05, 3.63) is 89.7 Å². The number of fused-ring (bicyclic) bond motifs is 1. The van der Waals surface area contributed by atoms with Gasteiger partial charge in [0.05, 0.1) is 11.4 Å². The van der Waals surface area contributed by atoms with Gasteiger partial charge in [-0.1, -0.05) is 48.0 Å². The first kappa shape index (κ1) is 18.5. The Labute approximate surface area is 170 Å². The number of ether oxygens (including phenoxy) is 1. The smallest absolute Gasteiger partial charge is 0.137 e. The van der Waals surface area contributed by atoms with Crippen LogP contribution in [0.15, 0.2) is 79.0 Å². The van der Waals surface area contributed by atoms with Crippen molar-refractivity contribution in [3.63, 3.8) is 0 Å². The quantitative estimate of drug-likeness (QED) is 0.435. The largest absolute Gasteiger partial charge is 0.492 e. The number of likely N-dealkylation sites (N-methyl/N-ethyl adjacent to an activating group) is 1. The summed E-state index contributed by atoms with van der Waals surface area (Å²) in [4.78, 5) is 7.11. The molecule has 28 heavy (non-hydrogen) atoms. The monoisotopic (exact) mass is 391 g/mol. The summed E-state index contributed by atoms with van der Waals surface area (Å²) in [5.74, 6) is 0.831. The SMILES string of the molecule is CN(CCOc1ccc(Cl)cc1)Cc1c(-c2ccccc2)nc2ccccn12.